The Bertz CT molecular complexity index is 692. The average Bonchev–Trinajstić information content (AvgIpc) is 2.91. The smallest absolute Gasteiger partial charge is 0.266 e. The van der Waals surface area contributed by atoms with Gasteiger partial charge in [-0.25, -0.2) is 0 Å². The monoisotopic (exact) mass is 331 g/mol. The Balaban J connectivity index is 1.95. The minimum atomic E-state index is -1.70. The SMILES string of the molecule is C=C=C[C@]1(O)C(=O)N(c2ccc(OC)cc2)[C@H]1[C@H]1COC(C)(C)O1. The molecular formula is C18H21NO5. The molecule has 3 rings (SSSR count). The Hall–Kier alpha value is -2.11. The van der Waals surface area contributed by atoms with E-state index in [1.165, 1.54) is 11.0 Å². The number of carbonyl (C=O) groups is 1. The Morgan fingerprint density at radius 1 is 1.42 bits per heavy atom. The molecule has 128 valence electrons. The second kappa shape index (κ2) is 5.76. The summed E-state index contributed by atoms with van der Waals surface area (Å²) in [7, 11) is 1.58. The molecule has 6 nitrogen and oxygen atoms in total. The predicted octanol–water partition coefficient (Wildman–Crippen LogP) is 1.63. The summed E-state index contributed by atoms with van der Waals surface area (Å²) in [5, 5.41) is 10.8. The fourth-order valence-electron chi connectivity index (χ4n) is 3.22. The van der Waals surface area contributed by atoms with Crippen molar-refractivity contribution in [2.75, 3.05) is 18.6 Å². The summed E-state index contributed by atoms with van der Waals surface area (Å²) in [6.07, 6.45) is 0.823. The number of ether oxygens (including phenoxy) is 3. The molecule has 0 unspecified atom stereocenters. The molecule has 0 aliphatic carbocycles. The summed E-state index contributed by atoms with van der Waals surface area (Å²) >= 11 is 0. The van der Waals surface area contributed by atoms with Crippen molar-refractivity contribution in [2.24, 2.45) is 0 Å². The van der Waals surface area contributed by atoms with Crippen LogP contribution in [-0.2, 0) is 14.3 Å². The maximum absolute atomic E-state index is 12.6. The topological polar surface area (TPSA) is 68.2 Å². The normalized spacial score (nSPS) is 31.3. The van der Waals surface area contributed by atoms with Gasteiger partial charge in [0.1, 0.15) is 17.9 Å². The first-order valence-corrected chi connectivity index (χ1v) is 7.71. The third-order valence-corrected chi connectivity index (χ3v) is 4.35. The van der Waals surface area contributed by atoms with Gasteiger partial charge in [-0.15, -0.1) is 5.73 Å². The Morgan fingerprint density at radius 3 is 2.58 bits per heavy atom. The number of aliphatic hydroxyl groups is 1. The van der Waals surface area contributed by atoms with Crippen LogP contribution in [0.3, 0.4) is 0 Å². The molecule has 1 N–H and O–H groups in total. The van der Waals surface area contributed by atoms with Gasteiger partial charge in [0.15, 0.2) is 11.4 Å². The first-order chi connectivity index (χ1) is 11.3. The summed E-state index contributed by atoms with van der Waals surface area (Å²) in [6.45, 7) is 7.35. The highest BCUT2D eigenvalue weighted by atomic mass is 16.7. The lowest BCUT2D eigenvalue weighted by Gasteiger charge is -2.53. The largest absolute Gasteiger partial charge is 0.497 e. The van der Waals surface area contributed by atoms with Gasteiger partial charge in [0.05, 0.1) is 13.7 Å². The lowest BCUT2D eigenvalue weighted by atomic mass is 9.78. The van der Waals surface area contributed by atoms with Crippen LogP contribution in [0.2, 0.25) is 0 Å². The zero-order chi connectivity index (χ0) is 17.5. The number of hydrogen-bond donors (Lipinski definition) is 1. The van der Waals surface area contributed by atoms with E-state index in [0.717, 1.165) is 0 Å². The van der Waals surface area contributed by atoms with Gasteiger partial charge in [-0.1, -0.05) is 6.58 Å². The van der Waals surface area contributed by atoms with Gasteiger partial charge in [-0.2, -0.15) is 0 Å². The van der Waals surface area contributed by atoms with Crippen LogP contribution in [0.25, 0.3) is 0 Å². The molecule has 1 amide bonds. The van der Waals surface area contributed by atoms with Crippen molar-refractivity contribution < 1.29 is 24.1 Å². The predicted molar refractivity (Wildman–Crippen MR) is 87.8 cm³/mol. The van der Waals surface area contributed by atoms with Gasteiger partial charge >= 0.3 is 0 Å². The van der Waals surface area contributed by atoms with Crippen LogP contribution in [0.15, 0.2) is 42.7 Å². The molecule has 2 aliphatic rings. The molecule has 24 heavy (non-hydrogen) atoms. The summed E-state index contributed by atoms with van der Waals surface area (Å²) < 4.78 is 16.6. The van der Waals surface area contributed by atoms with Gasteiger partial charge in [-0.05, 0) is 38.1 Å². The van der Waals surface area contributed by atoms with Crippen LogP contribution in [0.4, 0.5) is 5.69 Å². The van der Waals surface area contributed by atoms with Crippen LogP contribution in [0.1, 0.15) is 13.8 Å². The molecule has 0 bridgehead atoms. The van der Waals surface area contributed by atoms with Gasteiger partial charge in [-0.3, -0.25) is 9.69 Å². The molecule has 2 saturated heterocycles. The zero-order valence-electron chi connectivity index (χ0n) is 14.0. The molecule has 0 radical (unpaired) electrons. The Morgan fingerprint density at radius 2 is 2.08 bits per heavy atom. The molecular weight excluding hydrogens is 310 g/mol. The fourth-order valence-corrected chi connectivity index (χ4v) is 3.22. The van der Waals surface area contributed by atoms with Crippen LogP contribution in [0.5, 0.6) is 5.75 Å². The van der Waals surface area contributed by atoms with Gasteiger partial charge in [0.25, 0.3) is 5.91 Å². The van der Waals surface area contributed by atoms with Gasteiger partial charge in [0, 0.05) is 11.8 Å². The van der Waals surface area contributed by atoms with E-state index in [1.54, 1.807) is 45.2 Å². The number of rotatable bonds is 4. The van der Waals surface area contributed by atoms with E-state index in [9.17, 15) is 9.90 Å². The van der Waals surface area contributed by atoms with E-state index < -0.39 is 29.4 Å². The number of amides is 1. The van der Waals surface area contributed by atoms with E-state index >= 15 is 0 Å². The number of carbonyl (C=O) groups excluding carboxylic acids is 1. The summed E-state index contributed by atoms with van der Waals surface area (Å²) in [6, 6.07) is 6.44. The number of methoxy groups -OCH3 is 1. The van der Waals surface area contributed by atoms with Crippen LogP contribution in [-0.4, -0.2) is 48.3 Å². The Kier molecular flexibility index (Phi) is 4.01. The van der Waals surface area contributed by atoms with Crippen molar-refractivity contribution in [1.82, 2.24) is 0 Å². The highest BCUT2D eigenvalue weighted by molar-refractivity contribution is 6.09. The fraction of sp³-hybridized carbons (Fsp3) is 0.444. The highest BCUT2D eigenvalue weighted by Crippen LogP contribution is 2.42. The average molecular weight is 331 g/mol. The molecule has 0 saturated carbocycles. The van der Waals surface area contributed by atoms with Crippen molar-refractivity contribution >= 4 is 11.6 Å². The van der Waals surface area contributed by atoms with E-state index in [-0.39, 0.29) is 6.61 Å². The molecule has 1 aromatic carbocycles. The first kappa shape index (κ1) is 16.7. The number of anilines is 1. The van der Waals surface area contributed by atoms with Crippen LogP contribution >= 0.6 is 0 Å². The summed E-state index contributed by atoms with van der Waals surface area (Å²) in [5.74, 6) is -0.513. The molecule has 0 aromatic heterocycles. The number of hydrogen-bond acceptors (Lipinski definition) is 5. The molecule has 3 atom stereocenters. The molecule has 2 aliphatic heterocycles. The maximum atomic E-state index is 12.6. The van der Waals surface area contributed by atoms with Crippen molar-refractivity contribution in [3.63, 3.8) is 0 Å². The van der Waals surface area contributed by atoms with Crippen LogP contribution < -0.4 is 9.64 Å². The third kappa shape index (κ3) is 2.54. The molecule has 6 heteroatoms. The van der Waals surface area contributed by atoms with Crippen molar-refractivity contribution in [2.45, 2.75) is 37.4 Å². The molecule has 0 spiro atoms. The minimum Gasteiger partial charge on any atom is -0.497 e. The second-order valence-electron chi connectivity index (χ2n) is 6.36. The van der Waals surface area contributed by atoms with Crippen LogP contribution in [0, 0.1) is 0 Å². The number of benzene rings is 1. The van der Waals surface area contributed by atoms with Gasteiger partial charge in [0.2, 0.25) is 0 Å². The molecule has 2 fully saturated rings. The third-order valence-electron chi connectivity index (χ3n) is 4.35. The zero-order valence-corrected chi connectivity index (χ0v) is 14.0. The highest BCUT2D eigenvalue weighted by Gasteiger charge is 2.64. The first-order valence-electron chi connectivity index (χ1n) is 7.71. The Labute approximate surface area is 140 Å². The second-order valence-corrected chi connectivity index (χ2v) is 6.36. The number of nitrogens with zero attached hydrogens (tertiary/aromatic N) is 1. The standard InChI is InChI=1S/C18H21NO5/c1-5-10-18(21)15(14-11-23-17(2,3)24-14)19(16(18)20)12-6-8-13(22-4)9-7-12/h6-10,14-15,21H,1,11H2,2-4H3/t14-,15+,18-/m1/s1. The van der Waals surface area contributed by atoms with Gasteiger partial charge < -0.3 is 19.3 Å². The lowest BCUT2D eigenvalue weighted by molar-refractivity contribution is -0.167. The van der Waals surface area contributed by atoms with Crippen molar-refractivity contribution in [1.29, 1.82) is 0 Å². The number of β-lactam (4-membered cyclic amide) rings is 1. The molecule has 2 heterocycles. The summed E-state index contributed by atoms with van der Waals surface area (Å²) in [5.41, 5.74) is 1.47. The van der Waals surface area contributed by atoms with Crippen molar-refractivity contribution in [3.05, 3.63) is 42.7 Å². The minimum absolute atomic E-state index is 0.283. The van der Waals surface area contributed by atoms with Crippen molar-refractivity contribution in [3.8, 4) is 5.75 Å². The summed E-state index contributed by atoms with van der Waals surface area (Å²) in [4.78, 5) is 14.1. The van der Waals surface area contributed by atoms with E-state index in [0.29, 0.717) is 11.4 Å². The maximum Gasteiger partial charge on any atom is 0.266 e. The van der Waals surface area contributed by atoms with E-state index in [4.69, 9.17) is 14.2 Å². The quantitative estimate of drug-likeness (QED) is 0.671. The van der Waals surface area contributed by atoms with E-state index in [1.807, 2.05) is 0 Å². The lowest BCUT2D eigenvalue weighted by Crippen LogP contribution is -2.77. The van der Waals surface area contributed by atoms with E-state index in [2.05, 4.69) is 12.3 Å². The molecule has 1 aromatic rings.